The van der Waals surface area contributed by atoms with E-state index in [-0.39, 0.29) is 5.91 Å². The molecule has 0 radical (unpaired) electrons. The number of hydrogen-bond donors (Lipinski definition) is 4. The quantitative estimate of drug-likeness (QED) is 0.341. The second-order valence-corrected chi connectivity index (χ2v) is 7.93. The highest BCUT2D eigenvalue weighted by molar-refractivity contribution is 6.31. The predicted molar refractivity (Wildman–Crippen MR) is 115 cm³/mol. The Morgan fingerprint density at radius 2 is 1.79 bits per heavy atom. The molecule has 0 atom stereocenters. The summed E-state index contributed by atoms with van der Waals surface area (Å²) in [5.74, 6) is -0.0503. The number of H-pyrrole nitrogens is 1. The molecule has 3 aromatic rings. The highest BCUT2D eigenvalue weighted by Crippen LogP contribution is 2.15. The van der Waals surface area contributed by atoms with E-state index in [9.17, 15) is 4.79 Å². The minimum atomic E-state index is -0.0503. The van der Waals surface area contributed by atoms with Gasteiger partial charge in [-0.1, -0.05) is 48.0 Å². The van der Waals surface area contributed by atoms with Crippen molar-refractivity contribution in [1.29, 1.82) is 0 Å². The van der Waals surface area contributed by atoms with E-state index in [1.807, 2.05) is 48.7 Å². The van der Waals surface area contributed by atoms with Gasteiger partial charge in [0.2, 0.25) is 0 Å². The monoisotopic (exact) mass is 411 g/mol. The van der Waals surface area contributed by atoms with Crippen molar-refractivity contribution in [1.82, 2.24) is 10.4 Å². The molecule has 1 fully saturated rings. The summed E-state index contributed by atoms with van der Waals surface area (Å²) in [7, 11) is 0. The van der Waals surface area contributed by atoms with Gasteiger partial charge in [0.25, 0.3) is 5.91 Å². The van der Waals surface area contributed by atoms with Crippen molar-refractivity contribution in [3.8, 4) is 0 Å². The highest BCUT2D eigenvalue weighted by atomic mass is 35.5. The maximum absolute atomic E-state index is 12.2. The average molecular weight is 412 g/mol. The SMILES string of the molecule is O=C(C[NH+]1CC[NH+](Cc2ccccc2Cl)CC1)NN=Cc1c[nH]c2ccccc12. The molecule has 2 heterocycles. The molecule has 150 valence electrons. The first-order valence-corrected chi connectivity index (χ1v) is 10.4. The normalized spacial score (nSPS) is 19.6. The number of carbonyl (C=O) groups excluding carboxylic acids is 1. The summed E-state index contributed by atoms with van der Waals surface area (Å²) in [5, 5.41) is 6.06. The summed E-state index contributed by atoms with van der Waals surface area (Å²) in [4.78, 5) is 18.3. The second-order valence-electron chi connectivity index (χ2n) is 7.53. The van der Waals surface area contributed by atoms with Gasteiger partial charge < -0.3 is 14.8 Å². The summed E-state index contributed by atoms with van der Waals surface area (Å²) in [6.07, 6.45) is 3.59. The van der Waals surface area contributed by atoms with E-state index in [1.54, 1.807) is 6.21 Å². The smallest absolute Gasteiger partial charge is 0.295 e. The van der Waals surface area contributed by atoms with Gasteiger partial charge in [-0.05, 0) is 12.1 Å². The maximum Gasteiger partial charge on any atom is 0.295 e. The van der Waals surface area contributed by atoms with Crippen molar-refractivity contribution in [2.75, 3.05) is 32.7 Å². The van der Waals surface area contributed by atoms with Crippen LogP contribution < -0.4 is 15.2 Å². The lowest BCUT2D eigenvalue weighted by molar-refractivity contribution is -1.02. The zero-order valence-electron chi connectivity index (χ0n) is 16.2. The van der Waals surface area contributed by atoms with Crippen LogP contribution in [0.25, 0.3) is 10.9 Å². The molecule has 1 aliphatic heterocycles. The average Bonchev–Trinajstić information content (AvgIpc) is 3.14. The van der Waals surface area contributed by atoms with Crippen molar-refractivity contribution in [2.24, 2.45) is 5.10 Å². The van der Waals surface area contributed by atoms with Gasteiger partial charge in [-0.25, -0.2) is 5.43 Å². The van der Waals surface area contributed by atoms with E-state index < -0.39 is 0 Å². The molecule has 4 rings (SSSR count). The van der Waals surface area contributed by atoms with Crippen molar-refractivity contribution < 1.29 is 14.6 Å². The van der Waals surface area contributed by atoms with Gasteiger partial charge in [0, 0.05) is 33.2 Å². The Kier molecular flexibility index (Phi) is 6.24. The van der Waals surface area contributed by atoms with Crippen LogP contribution in [0.5, 0.6) is 0 Å². The number of hydrogen-bond acceptors (Lipinski definition) is 2. The molecule has 2 aromatic carbocycles. The van der Waals surface area contributed by atoms with Crippen LogP contribution in [-0.4, -0.2) is 49.8 Å². The van der Waals surface area contributed by atoms with Crippen molar-refractivity contribution in [2.45, 2.75) is 6.54 Å². The molecule has 0 spiro atoms. The van der Waals surface area contributed by atoms with E-state index in [0.29, 0.717) is 6.54 Å². The van der Waals surface area contributed by atoms with E-state index in [1.165, 1.54) is 15.4 Å². The third kappa shape index (κ3) is 5.03. The van der Waals surface area contributed by atoms with E-state index in [2.05, 4.69) is 21.6 Å². The Morgan fingerprint density at radius 1 is 1.07 bits per heavy atom. The second kappa shape index (κ2) is 9.22. The van der Waals surface area contributed by atoms with Gasteiger partial charge in [0.15, 0.2) is 6.54 Å². The molecule has 4 N–H and O–H groups in total. The van der Waals surface area contributed by atoms with Gasteiger partial charge in [-0.3, -0.25) is 4.79 Å². The third-order valence-corrected chi connectivity index (χ3v) is 5.86. The molecule has 1 aromatic heterocycles. The molecule has 1 amide bonds. The molecule has 0 unspecified atom stereocenters. The van der Waals surface area contributed by atoms with Crippen LogP contribution in [0.4, 0.5) is 0 Å². The standard InChI is InChI=1S/C22H24ClN5O/c23-20-7-3-1-5-17(20)15-27-9-11-28(12-10-27)16-22(29)26-25-14-18-13-24-21-8-4-2-6-19(18)21/h1-8,13-14,24H,9-12,15-16H2,(H,26,29)/p+2. The third-order valence-electron chi connectivity index (χ3n) is 5.49. The molecule has 0 aliphatic carbocycles. The largest absolute Gasteiger partial charge is 0.361 e. The number of carbonyl (C=O) groups is 1. The number of para-hydroxylation sites is 1. The van der Waals surface area contributed by atoms with Crippen molar-refractivity contribution in [3.63, 3.8) is 0 Å². The Bertz CT molecular complexity index is 1010. The van der Waals surface area contributed by atoms with Crippen LogP contribution in [0, 0.1) is 0 Å². The zero-order chi connectivity index (χ0) is 20.1. The Balaban J connectivity index is 1.22. The highest BCUT2D eigenvalue weighted by Gasteiger charge is 2.25. The first kappa shape index (κ1) is 19.6. The van der Waals surface area contributed by atoms with Crippen LogP contribution in [0.15, 0.2) is 59.8 Å². The molecule has 1 saturated heterocycles. The van der Waals surface area contributed by atoms with Crippen LogP contribution >= 0.6 is 11.6 Å². The van der Waals surface area contributed by atoms with Gasteiger partial charge >= 0.3 is 0 Å². The maximum atomic E-state index is 12.2. The molecule has 7 heteroatoms. The summed E-state index contributed by atoms with van der Waals surface area (Å²) in [6.45, 7) is 5.40. The lowest BCUT2D eigenvalue weighted by atomic mass is 10.2. The summed E-state index contributed by atoms with van der Waals surface area (Å²) in [6, 6.07) is 16.0. The number of nitrogens with one attached hydrogen (secondary N) is 4. The van der Waals surface area contributed by atoms with Crippen LogP contribution in [0.1, 0.15) is 11.1 Å². The summed E-state index contributed by atoms with van der Waals surface area (Å²) in [5.41, 5.74) is 5.87. The number of quaternary nitrogens is 2. The fourth-order valence-electron chi connectivity index (χ4n) is 3.86. The number of halogens is 1. The number of amides is 1. The van der Waals surface area contributed by atoms with Gasteiger partial charge in [-0.2, -0.15) is 5.10 Å². The Hall–Kier alpha value is -2.67. The Labute approximate surface area is 175 Å². The van der Waals surface area contributed by atoms with Crippen LogP contribution in [-0.2, 0) is 11.3 Å². The van der Waals surface area contributed by atoms with Crippen molar-refractivity contribution >= 4 is 34.6 Å². The number of fused-ring (bicyclic) bond motifs is 1. The lowest BCUT2D eigenvalue weighted by Crippen LogP contribution is -3.28. The molecule has 6 nitrogen and oxygen atoms in total. The minimum Gasteiger partial charge on any atom is -0.361 e. The fourth-order valence-corrected chi connectivity index (χ4v) is 4.07. The van der Waals surface area contributed by atoms with Crippen molar-refractivity contribution in [3.05, 3.63) is 70.9 Å². The van der Waals surface area contributed by atoms with Gasteiger partial charge in [-0.15, -0.1) is 0 Å². The van der Waals surface area contributed by atoms with Crippen LogP contribution in [0.2, 0.25) is 5.02 Å². The number of rotatable bonds is 6. The predicted octanol–water partition coefficient (Wildman–Crippen LogP) is 0.255. The molecule has 29 heavy (non-hydrogen) atoms. The van der Waals surface area contributed by atoms with Crippen LogP contribution in [0.3, 0.4) is 0 Å². The number of benzene rings is 2. The first-order chi connectivity index (χ1) is 14.2. The molecule has 0 bridgehead atoms. The number of aromatic nitrogens is 1. The van der Waals surface area contributed by atoms with Gasteiger partial charge in [0.05, 0.1) is 6.21 Å². The molecular formula is C22H26ClN5O+2. The topological polar surface area (TPSA) is 66.1 Å². The summed E-state index contributed by atoms with van der Waals surface area (Å²) < 4.78 is 0. The molecule has 0 saturated carbocycles. The molecule has 1 aliphatic rings. The first-order valence-electron chi connectivity index (χ1n) is 9.97. The van der Waals surface area contributed by atoms with Gasteiger partial charge in [0.1, 0.15) is 32.7 Å². The molecular weight excluding hydrogens is 386 g/mol. The summed E-state index contributed by atoms with van der Waals surface area (Å²) >= 11 is 6.27. The lowest BCUT2D eigenvalue weighted by Gasteiger charge is -2.29. The Morgan fingerprint density at radius 3 is 2.62 bits per heavy atom. The number of aromatic amines is 1. The number of piperazine rings is 1. The number of nitrogens with zero attached hydrogens (tertiary/aromatic N) is 1. The minimum absolute atomic E-state index is 0.0503. The van der Waals surface area contributed by atoms with E-state index in [4.69, 9.17) is 11.6 Å². The number of hydrazone groups is 1. The fraction of sp³-hybridized carbons (Fsp3) is 0.273. The van der Waals surface area contributed by atoms with E-state index >= 15 is 0 Å². The zero-order valence-corrected chi connectivity index (χ0v) is 17.0. The van der Waals surface area contributed by atoms with E-state index in [0.717, 1.165) is 54.2 Å².